The van der Waals surface area contributed by atoms with Crippen molar-refractivity contribution in [3.8, 4) is 0 Å². The Morgan fingerprint density at radius 2 is 2.00 bits per heavy atom. The van der Waals surface area contributed by atoms with E-state index in [1.54, 1.807) is 0 Å². The quantitative estimate of drug-likeness (QED) is 0.813. The normalized spacial score (nSPS) is 24.8. The zero-order valence-electron chi connectivity index (χ0n) is 11.0. The third kappa shape index (κ3) is 4.16. The van der Waals surface area contributed by atoms with Gasteiger partial charge in [0.15, 0.2) is 0 Å². The molecule has 0 aromatic heterocycles. The first-order chi connectivity index (χ1) is 8.38. The highest BCUT2D eigenvalue weighted by atomic mass is 14.9. The first kappa shape index (κ1) is 12.6. The Morgan fingerprint density at radius 3 is 2.76 bits per heavy atom. The molecule has 0 aliphatic heterocycles. The van der Waals surface area contributed by atoms with E-state index in [-0.39, 0.29) is 0 Å². The summed E-state index contributed by atoms with van der Waals surface area (Å²) in [7, 11) is 0. The van der Waals surface area contributed by atoms with Crippen LogP contribution >= 0.6 is 0 Å². The molecule has 1 aromatic rings. The minimum atomic E-state index is 0.775. The summed E-state index contributed by atoms with van der Waals surface area (Å²) < 4.78 is 0. The largest absolute Gasteiger partial charge is 0.314 e. The van der Waals surface area contributed by atoms with E-state index in [9.17, 15) is 0 Å². The summed E-state index contributed by atoms with van der Waals surface area (Å²) in [5, 5.41) is 3.73. The number of hydrogen-bond acceptors (Lipinski definition) is 1. The second kappa shape index (κ2) is 6.80. The molecule has 1 fully saturated rings. The van der Waals surface area contributed by atoms with Crippen LogP contribution in [0.2, 0.25) is 0 Å². The molecule has 1 nitrogen and oxygen atoms in total. The van der Waals surface area contributed by atoms with Gasteiger partial charge in [0, 0.05) is 6.04 Å². The first-order valence-corrected chi connectivity index (χ1v) is 7.15. The minimum absolute atomic E-state index is 0.775. The van der Waals surface area contributed by atoms with Crippen LogP contribution in [0.5, 0.6) is 0 Å². The topological polar surface area (TPSA) is 12.0 Å². The van der Waals surface area contributed by atoms with E-state index in [0.717, 1.165) is 24.9 Å². The van der Waals surface area contributed by atoms with E-state index in [1.165, 1.54) is 37.7 Å². The van der Waals surface area contributed by atoms with Gasteiger partial charge in [-0.15, -0.1) is 0 Å². The minimum Gasteiger partial charge on any atom is -0.314 e. The molecule has 2 rings (SSSR count). The van der Waals surface area contributed by atoms with E-state index < -0.39 is 0 Å². The van der Waals surface area contributed by atoms with Crippen molar-refractivity contribution in [1.29, 1.82) is 0 Å². The van der Waals surface area contributed by atoms with E-state index in [4.69, 9.17) is 0 Å². The summed E-state index contributed by atoms with van der Waals surface area (Å²) >= 11 is 0. The first-order valence-electron chi connectivity index (χ1n) is 7.15. The summed E-state index contributed by atoms with van der Waals surface area (Å²) in [5.41, 5.74) is 1.45. The molecule has 1 heteroatoms. The highest BCUT2D eigenvalue weighted by Gasteiger charge is 2.19. The van der Waals surface area contributed by atoms with E-state index in [0.29, 0.717) is 0 Å². The summed E-state index contributed by atoms with van der Waals surface area (Å²) in [4.78, 5) is 0. The lowest BCUT2D eigenvalue weighted by atomic mass is 9.84. The van der Waals surface area contributed by atoms with Crippen molar-refractivity contribution in [3.05, 3.63) is 35.9 Å². The smallest absolute Gasteiger partial charge is 0.00698 e. The Morgan fingerprint density at radius 1 is 1.18 bits per heavy atom. The molecular formula is C16H25N. The molecular weight excluding hydrogens is 206 g/mol. The number of rotatable bonds is 5. The molecule has 2 unspecified atom stereocenters. The molecule has 1 aliphatic carbocycles. The Hall–Kier alpha value is -0.820. The highest BCUT2D eigenvalue weighted by molar-refractivity contribution is 5.14. The molecule has 1 aliphatic rings. The fourth-order valence-corrected chi connectivity index (χ4v) is 2.91. The van der Waals surface area contributed by atoms with Gasteiger partial charge in [-0.25, -0.2) is 0 Å². The molecule has 0 heterocycles. The van der Waals surface area contributed by atoms with Gasteiger partial charge in [-0.3, -0.25) is 0 Å². The van der Waals surface area contributed by atoms with Gasteiger partial charge in [-0.1, -0.05) is 56.5 Å². The molecule has 1 aromatic carbocycles. The SMILES string of the molecule is CCC1CCCC(NCCc2ccccc2)C1. The van der Waals surface area contributed by atoms with Crippen LogP contribution < -0.4 is 5.32 Å². The monoisotopic (exact) mass is 231 g/mol. The zero-order valence-corrected chi connectivity index (χ0v) is 11.0. The van der Waals surface area contributed by atoms with Gasteiger partial charge < -0.3 is 5.32 Å². The van der Waals surface area contributed by atoms with Crippen LogP contribution in [0.1, 0.15) is 44.6 Å². The van der Waals surface area contributed by atoms with Crippen LogP contribution in [0.15, 0.2) is 30.3 Å². The molecule has 0 amide bonds. The number of nitrogens with one attached hydrogen (secondary N) is 1. The van der Waals surface area contributed by atoms with Crippen molar-refractivity contribution >= 4 is 0 Å². The van der Waals surface area contributed by atoms with Crippen LogP contribution in [-0.2, 0) is 6.42 Å². The fourth-order valence-electron chi connectivity index (χ4n) is 2.91. The maximum atomic E-state index is 3.73. The zero-order chi connectivity index (χ0) is 11.9. The van der Waals surface area contributed by atoms with Crippen molar-refractivity contribution in [2.45, 2.75) is 51.5 Å². The fraction of sp³-hybridized carbons (Fsp3) is 0.625. The van der Waals surface area contributed by atoms with E-state index >= 15 is 0 Å². The van der Waals surface area contributed by atoms with E-state index in [1.807, 2.05) is 0 Å². The maximum Gasteiger partial charge on any atom is 0.00698 e. The van der Waals surface area contributed by atoms with Crippen LogP contribution in [0.25, 0.3) is 0 Å². The molecule has 0 radical (unpaired) electrons. The third-order valence-electron chi connectivity index (χ3n) is 4.05. The van der Waals surface area contributed by atoms with Crippen molar-refractivity contribution in [2.24, 2.45) is 5.92 Å². The van der Waals surface area contributed by atoms with Gasteiger partial charge in [0.05, 0.1) is 0 Å². The lowest BCUT2D eigenvalue weighted by Crippen LogP contribution is -2.35. The second-order valence-electron chi connectivity index (χ2n) is 5.33. The summed E-state index contributed by atoms with van der Waals surface area (Å²) in [6, 6.07) is 11.6. The van der Waals surface area contributed by atoms with Crippen molar-refractivity contribution in [3.63, 3.8) is 0 Å². The lowest BCUT2D eigenvalue weighted by Gasteiger charge is -2.29. The summed E-state index contributed by atoms with van der Waals surface area (Å²) in [5.74, 6) is 0.970. The molecule has 1 N–H and O–H groups in total. The standard InChI is InChI=1S/C16H25N/c1-2-14-9-6-10-16(13-14)17-12-11-15-7-4-3-5-8-15/h3-5,7-8,14,16-17H,2,6,9-13H2,1H3. The molecule has 2 atom stereocenters. The van der Waals surface area contributed by atoms with Gasteiger partial charge in [-0.2, -0.15) is 0 Å². The predicted octanol–water partition coefficient (Wildman–Crippen LogP) is 3.79. The molecule has 0 saturated heterocycles. The molecule has 0 bridgehead atoms. The predicted molar refractivity (Wildman–Crippen MR) is 74.2 cm³/mol. The second-order valence-corrected chi connectivity index (χ2v) is 5.33. The number of hydrogen-bond donors (Lipinski definition) is 1. The van der Waals surface area contributed by atoms with E-state index in [2.05, 4.69) is 42.6 Å². The van der Waals surface area contributed by atoms with Gasteiger partial charge in [-0.05, 0) is 37.3 Å². The molecule has 94 valence electrons. The van der Waals surface area contributed by atoms with Gasteiger partial charge in [0.1, 0.15) is 0 Å². The summed E-state index contributed by atoms with van der Waals surface area (Å²) in [6.45, 7) is 3.46. The van der Waals surface area contributed by atoms with Crippen LogP contribution in [0.3, 0.4) is 0 Å². The van der Waals surface area contributed by atoms with Gasteiger partial charge in [0.2, 0.25) is 0 Å². The maximum absolute atomic E-state index is 3.73. The third-order valence-corrected chi connectivity index (χ3v) is 4.05. The Labute approximate surface area is 106 Å². The van der Waals surface area contributed by atoms with Crippen LogP contribution in [0.4, 0.5) is 0 Å². The van der Waals surface area contributed by atoms with Crippen molar-refractivity contribution in [1.82, 2.24) is 5.32 Å². The van der Waals surface area contributed by atoms with Crippen molar-refractivity contribution < 1.29 is 0 Å². The van der Waals surface area contributed by atoms with Crippen LogP contribution in [-0.4, -0.2) is 12.6 Å². The Bertz CT molecular complexity index is 307. The number of benzene rings is 1. The average molecular weight is 231 g/mol. The van der Waals surface area contributed by atoms with Gasteiger partial charge in [0.25, 0.3) is 0 Å². The average Bonchev–Trinajstić information content (AvgIpc) is 2.40. The summed E-state index contributed by atoms with van der Waals surface area (Å²) in [6.07, 6.45) is 8.16. The van der Waals surface area contributed by atoms with Gasteiger partial charge >= 0.3 is 0 Å². The Kier molecular flexibility index (Phi) is 5.06. The highest BCUT2D eigenvalue weighted by Crippen LogP contribution is 2.26. The molecule has 17 heavy (non-hydrogen) atoms. The molecule has 1 saturated carbocycles. The van der Waals surface area contributed by atoms with Crippen LogP contribution in [0, 0.1) is 5.92 Å². The Balaban J connectivity index is 1.68. The van der Waals surface area contributed by atoms with Crippen molar-refractivity contribution in [2.75, 3.05) is 6.54 Å². The lowest BCUT2D eigenvalue weighted by molar-refractivity contribution is 0.280. The molecule has 0 spiro atoms.